The molecule has 2 rings (SSSR count). The number of rotatable bonds is 3. The summed E-state index contributed by atoms with van der Waals surface area (Å²) < 4.78 is 0. The van der Waals surface area contributed by atoms with E-state index in [0.29, 0.717) is 5.65 Å². The summed E-state index contributed by atoms with van der Waals surface area (Å²) in [6.07, 6.45) is 5.05. The lowest BCUT2D eigenvalue weighted by atomic mass is 10.1. The van der Waals surface area contributed by atoms with Crippen molar-refractivity contribution >= 4 is 17.0 Å². The van der Waals surface area contributed by atoms with Crippen molar-refractivity contribution in [1.29, 1.82) is 0 Å². The molecule has 0 saturated heterocycles. The Bertz CT molecular complexity index is 494. The van der Waals surface area contributed by atoms with Gasteiger partial charge < -0.3 is 15.8 Å². The smallest absolute Gasteiger partial charge is 0.320 e. The van der Waals surface area contributed by atoms with Crippen LogP contribution in [-0.2, 0) is 11.2 Å². The molecule has 0 aliphatic heterocycles. The van der Waals surface area contributed by atoms with Gasteiger partial charge >= 0.3 is 5.97 Å². The van der Waals surface area contributed by atoms with E-state index in [9.17, 15) is 4.79 Å². The molecule has 0 aromatic carbocycles. The molecule has 0 amide bonds. The van der Waals surface area contributed by atoms with Crippen molar-refractivity contribution in [2.45, 2.75) is 12.5 Å². The van der Waals surface area contributed by atoms with Gasteiger partial charge in [0, 0.05) is 24.2 Å². The lowest BCUT2D eigenvalue weighted by molar-refractivity contribution is -0.138. The lowest BCUT2D eigenvalue weighted by Gasteiger charge is -2.03. The maximum absolute atomic E-state index is 10.6. The fourth-order valence-electron chi connectivity index (χ4n) is 1.41. The molecule has 2 heterocycles. The van der Waals surface area contributed by atoms with Gasteiger partial charge in [0.15, 0.2) is 0 Å². The Hall–Kier alpha value is -1.95. The first-order valence-corrected chi connectivity index (χ1v) is 4.43. The average Bonchev–Trinajstić information content (AvgIpc) is 2.62. The summed E-state index contributed by atoms with van der Waals surface area (Å²) in [6, 6.07) is -0.899. The standard InChI is InChI=1S/C9H10N4O2/c10-7(9(14)15)1-5-2-12-8-6(5)3-11-4-13-8/h2-4,7H,1,10H2,(H,14,15)(H,11,12,13)/t7-/m0/s1. The zero-order chi connectivity index (χ0) is 10.8. The van der Waals surface area contributed by atoms with Gasteiger partial charge in [0.2, 0.25) is 0 Å². The number of carboxylic acid groups (broad SMARTS) is 1. The van der Waals surface area contributed by atoms with E-state index in [-0.39, 0.29) is 6.42 Å². The van der Waals surface area contributed by atoms with E-state index < -0.39 is 12.0 Å². The second-order valence-corrected chi connectivity index (χ2v) is 3.25. The van der Waals surface area contributed by atoms with Crippen LogP contribution in [0.25, 0.3) is 11.0 Å². The van der Waals surface area contributed by atoms with Gasteiger partial charge in [0.05, 0.1) is 0 Å². The van der Waals surface area contributed by atoms with Gasteiger partial charge in [-0.25, -0.2) is 9.97 Å². The molecule has 2 aromatic heterocycles. The highest BCUT2D eigenvalue weighted by molar-refractivity contribution is 5.80. The van der Waals surface area contributed by atoms with Crippen molar-refractivity contribution in [1.82, 2.24) is 15.0 Å². The minimum atomic E-state index is -1.01. The van der Waals surface area contributed by atoms with Crippen molar-refractivity contribution in [3.05, 3.63) is 24.3 Å². The highest BCUT2D eigenvalue weighted by Gasteiger charge is 2.14. The van der Waals surface area contributed by atoms with Gasteiger partial charge in [-0.05, 0) is 5.56 Å². The Kier molecular flexibility index (Phi) is 2.34. The van der Waals surface area contributed by atoms with Crippen LogP contribution in [-0.4, -0.2) is 32.1 Å². The molecular formula is C9H10N4O2. The Balaban J connectivity index is 2.32. The summed E-state index contributed by atoms with van der Waals surface area (Å²) >= 11 is 0. The second kappa shape index (κ2) is 3.66. The first kappa shape index (κ1) is 9.60. The van der Waals surface area contributed by atoms with Gasteiger partial charge in [0.25, 0.3) is 0 Å². The lowest BCUT2D eigenvalue weighted by Crippen LogP contribution is -2.32. The highest BCUT2D eigenvalue weighted by atomic mass is 16.4. The Labute approximate surface area is 85.2 Å². The van der Waals surface area contributed by atoms with Crippen LogP contribution in [0.4, 0.5) is 0 Å². The van der Waals surface area contributed by atoms with Crippen molar-refractivity contribution in [3.63, 3.8) is 0 Å². The van der Waals surface area contributed by atoms with E-state index in [0.717, 1.165) is 10.9 Å². The van der Waals surface area contributed by atoms with Crippen LogP contribution in [0.15, 0.2) is 18.7 Å². The third-order valence-corrected chi connectivity index (χ3v) is 2.20. The zero-order valence-corrected chi connectivity index (χ0v) is 7.84. The Morgan fingerprint density at radius 1 is 1.67 bits per heavy atom. The van der Waals surface area contributed by atoms with Crippen molar-refractivity contribution in [2.75, 3.05) is 0 Å². The van der Waals surface area contributed by atoms with Crippen LogP contribution in [0.3, 0.4) is 0 Å². The van der Waals surface area contributed by atoms with E-state index in [1.165, 1.54) is 6.33 Å². The van der Waals surface area contributed by atoms with E-state index in [1.54, 1.807) is 12.4 Å². The topological polar surface area (TPSA) is 105 Å². The van der Waals surface area contributed by atoms with Crippen molar-refractivity contribution in [2.24, 2.45) is 5.73 Å². The molecule has 4 N–H and O–H groups in total. The predicted octanol–water partition coefficient (Wildman–Crippen LogP) is -0.0877. The van der Waals surface area contributed by atoms with Gasteiger partial charge in [0.1, 0.15) is 18.0 Å². The number of nitrogens with zero attached hydrogens (tertiary/aromatic N) is 2. The van der Waals surface area contributed by atoms with Crippen LogP contribution in [0.1, 0.15) is 5.56 Å². The van der Waals surface area contributed by atoms with Crippen LogP contribution in [0.5, 0.6) is 0 Å². The molecule has 2 aromatic rings. The van der Waals surface area contributed by atoms with Crippen LogP contribution in [0.2, 0.25) is 0 Å². The molecule has 6 heteroatoms. The molecule has 0 spiro atoms. The molecule has 78 valence electrons. The van der Waals surface area contributed by atoms with Crippen LogP contribution >= 0.6 is 0 Å². The Morgan fingerprint density at radius 3 is 3.20 bits per heavy atom. The minimum Gasteiger partial charge on any atom is -0.480 e. The second-order valence-electron chi connectivity index (χ2n) is 3.25. The normalized spacial score (nSPS) is 12.9. The minimum absolute atomic E-state index is 0.267. The molecule has 0 fully saturated rings. The van der Waals surface area contributed by atoms with Crippen LogP contribution < -0.4 is 5.73 Å². The number of hydrogen-bond acceptors (Lipinski definition) is 4. The molecule has 0 aliphatic rings. The van der Waals surface area contributed by atoms with E-state index in [1.807, 2.05) is 0 Å². The number of fused-ring (bicyclic) bond motifs is 1. The summed E-state index contributed by atoms with van der Waals surface area (Å²) in [7, 11) is 0. The highest BCUT2D eigenvalue weighted by Crippen LogP contribution is 2.15. The van der Waals surface area contributed by atoms with Crippen LogP contribution in [0, 0.1) is 0 Å². The summed E-state index contributed by atoms with van der Waals surface area (Å²) in [5.41, 5.74) is 6.96. The van der Waals surface area contributed by atoms with E-state index in [2.05, 4.69) is 15.0 Å². The largest absolute Gasteiger partial charge is 0.480 e. The fourth-order valence-corrected chi connectivity index (χ4v) is 1.41. The molecule has 1 atom stereocenters. The molecule has 0 bridgehead atoms. The summed E-state index contributed by atoms with van der Waals surface area (Å²) in [4.78, 5) is 21.4. The molecule has 0 radical (unpaired) electrons. The number of aliphatic carboxylic acids is 1. The Morgan fingerprint density at radius 2 is 2.47 bits per heavy atom. The number of nitrogens with two attached hydrogens (primary N) is 1. The van der Waals surface area contributed by atoms with E-state index >= 15 is 0 Å². The van der Waals surface area contributed by atoms with Crippen molar-refractivity contribution < 1.29 is 9.90 Å². The molecule has 6 nitrogen and oxygen atoms in total. The number of nitrogens with one attached hydrogen (secondary N) is 1. The van der Waals surface area contributed by atoms with Gasteiger partial charge in [-0.2, -0.15) is 0 Å². The summed E-state index contributed by atoms with van der Waals surface area (Å²) in [5, 5.41) is 9.50. The third-order valence-electron chi connectivity index (χ3n) is 2.20. The fraction of sp³-hybridized carbons (Fsp3) is 0.222. The first-order valence-electron chi connectivity index (χ1n) is 4.43. The number of hydrogen-bond donors (Lipinski definition) is 3. The predicted molar refractivity (Wildman–Crippen MR) is 53.2 cm³/mol. The maximum atomic E-state index is 10.6. The molecule has 15 heavy (non-hydrogen) atoms. The summed E-state index contributed by atoms with van der Waals surface area (Å²) in [5.74, 6) is -1.01. The van der Waals surface area contributed by atoms with Gasteiger partial charge in [-0.3, -0.25) is 4.79 Å². The first-order chi connectivity index (χ1) is 7.18. The molecular weight excluding hydrogens is 196 g/mol. The number of aromatic nitrogens is 3. The van der Waals surface area contributed by atoms with Crippen molar-refractivity contribution in [3.8, 4) is 0 Å². The quantitative estimate of drug-likeness (QED) is 0.651. The van der Waals surface area contributed by atoms with Gasteiger partial charge in [-0.15, -0.1) is 0 Å². The van der Waals surface area contributed by atoms with E-state index in [4.69, 9.17) is 10.8 Å². The third kappa shape index (κ3) is 1.79. The monoisotopic (exact) mass is 206 g/mol. The summed E-state index contributed by atoms with van der Waals surface area (Å²) in [6.45, 7) is 0. The molecule has 0 unspecified atom stereocenters. The van der Waals surface area contributed by atoms with Gasteiger partial charge in [-0.1, -0.05) is 0 Å². The maximum Gasteiger partial charge on any atom is 0.320 e. The molecule has 0 aliphatic carbocycles. The number of aromatic amines is 1. The number of carboxylic acids is 1. The number of H-pyrrole nitrogens is 1. The molecule has 0 saturated carbocycles. The SMILES string of the molecule is N[C@@H](Cc1c[nH]c2ncncc12)C(=O)O. The average molecular weight is 206 g/mol. The number of carbonyl (C=O) groups is 1. The zero-order valence-electron chi connectivity index (χ0n) is 7.84.